The third-order valence-corrected chi connectivity index (χ3v) is 6.18. The second-order valence-corrected chi connectivity index (χ2v) is 8.50. The molecule has 1 saturated heterocycles. The Bertz CT molecular complexity index is 1350. The van der Waals surface area contributed by atoms with E-state index >= 15 is 0 Å². The van der Waals surface area contributed by atoms with Crippen molar-refractivity contribution in [3.63, 3.8) is 0 Å². The van der Waals surface area contributed by atoms with Crippen LogP contribution in [0.3, 0.4) is 0 Å². The minimum absolute atomic E-state index is 0.199. The van der Waals surface area contributed by atoms with Gasteiger partial charge >= 0.3 is 5.97 Å². The fourth-order valence-corrected chi connectivity index (χ4v) is 4.63. The Morgan fingerprint density at radius 1 is 1.06 bits per heavy atom. The molecule has 1 fully saturated rings. The molecule has 170 valence electrons. The van der Waals surface area contributed by atoms with Gasteiger partial charge in [0.2, 0.25) is 0 Å². The normalized spacial score (nSPS) is 17.5. The Balaban J connectivity index is 1.58. The maximum Gasteiger partial charge on any atom is 0.337 e. The molecule has 4 aromatic rings. The number of carbonyl (C=O) groups excluding carboxylic acids is 1. The summed E-state index contributed by atoms with van der Waals surface area (Å²) < 4.78 is 11.2. The van der Waals surface area contributed by atoms with Crippen molar-refractivity contribution in [2.24, 2.45) is 0 Å². The van der Waals surface area contributed by atoms with Gasteiger partial charge in [0.15, 0.2) is 5.11 Å². The first kappa shape index (κ1) is 21.9. The van der Waals surface area contributed by atoms with E-state index < -0.39 is 0 Å². The van der Waals surface area contributed by atoms with E-state index in [9.17, 15) is 4.79 Å². The average Bonchev–Trinajstić information content (AvgIpc) is 3.49. The lowest BCUT2D eigenvalue weighted by atomic mass is 10.0. The van der Waals surface area contributed by atoms with Crippen molar-refractivity contribution in [1.29, 1.82) is 0 Å². The average molecular weight is 470 g/mol. The molecule has 6 nitrogen and oxygen atoms in total. The van der Waals surface area contributed by atoms with Gasteiger partial charge < -0.3 is 19.4 Å². The zero-order valence-electron chi connectivity index (χ0n) is 18.8. The summed E-state index contributed by atoms with van der Waals surface area (Å²) in [6, 6.07) is 24.7. The number of hydrogen-bond donors (Lipinski definition) is 1. The molecule has 0 radical (unpaired) electrons. The molecule has 7 heteroatoms. The molecule has 2 aromatic carbocycles. The number of rotatable bonds is 5. The molecule has 2 aromatic heterocycles. The van der Waals surface area contributed by atoms with E-state index in [4.69, 9.17) is 21.4 Å². The van der Waals surface area contributed by atoms with Gasteiger partial charge in [-0.25, -0.2) is 4.79 Å². The Labute approximate surface area is 203 Å². The van der Waals surface area contributed by atoms with Crippen molar-refractivity contribution in [2.45, 2.75) is 19.0 Å². The zero-order chi connectivity index (χ0) is 23.7. The lowest BCUT2D eigenvalue weighted by molar-refractivity contribution is 0.0601. The molecule has 3 heterocycles. The minimum Gasteiger partial charge on any atom is -0.465 e. The molecule has 1 aliphatic rings. The fraction of sp³-hybridized carbons (Fsp3) is 0.148. The quantitative estimate of drug-likeness (QED) is 0.301. The van der Waals surface area contributed by atoms with Gasteiger partial charge in [0.1, 0.15) is 17.6 Å². The number of nitrogens with zero attached hydrogens (tertiary/aromatic N) is 2. The van der Waals surface area contributed by atoms with E-state index in [1.165, 1.54) is 7.11 Å². The molecule has 1 N–H and O–H groups in total. The Kier molecular flexibility index (Phi) is 5.86. The number of furan rings is 1. The van der Waals surface area contributed by atoms with Crippen LogP contribution in [0, 0.1) is 6.92 Å². The Morgan fingerprint density at radius 2 is 1.91 bits per heavy atom. The smallest absolute Gasteiger partial charge is 0.337 e. The number of hydrogen-bond acceptors (Lipinski definition) is 5. The predicted octanol–water partition coefficient (Wildman–Crippen LogP) is 5.61. The summed E-state index contributed by atoms with van der Waals surface area (Å²) in [5, 5.41) is 4.05. The molecule has 0 bridgehead atoms. The second kappa shape index (κ2) is 9.11. The van der Waals surface area contributed by atoms with Gasteiger partial charge in [0.05, 0.1) is 24.4 Å². The van der Waals surface area contributed by atoms with Crippen LogP contribution in [0.2, 0.25) is 0 Å². The number of methoxy groups -OCH3 is 1. The van der Waals surface area contributed by atoms with Crippen LogP contribution in [0.4, 0.5) is 5.69 Å². The van der Waals surface area contributed by atoms with Crippen LogP contribution in [-0.4, -0.2) is 23.2 Å². The van der Waals surface area contributed by atoms with E-state index in [1.807, 2.05) is 54.6 Å². The molecule has 0 unspecified atom stereocenters. The van der Waals surface area contributed by atoms with Crippen LogP contribution < -0.4 is 10.2 Å². The van der Waals surface area contributed by atoms with Crippen molar-refractivity contribution in [1.82, 2.24) is 10.3 Å². The number of pyridine rings is 1. The molecule has 0 spiro atoms. The molecule has 1 aliphatic heterocycles. The topological polar surface area (TPSA) is 67.6 Å². The summed E-state index contributed by atoms with van der Waals surface area (Å²) in [5.74, 6) is 1.00. The summed E-state index contributed by atoms with van der Waals surface area (Å²) in [6.07, 6.45) is 1.78. The fourth-order valence-electron chi connectivity index (χ4n) is 4.28. The second-order valence-electron chi connectivity index (χ2n) is 8.11. The van der Waals surface area contributed by atoms with Crippen molar-refractivity contribution in [3.05, 3.63) is 108 Å². The summed E-state index contributed by atoms with van der Waals surface area (Å²) in [5.41, 5.74) is 4.25. The van der Waals surface area contributed by atoms with E-state index in [1.54, 1.807) is 18.3 Å². The molecular formula is C27H23N3O3S. The first-order valence-electron chi connectivity index (χ1n) is 10.9. The minimum atomic E-state index is -0.389. The third kappa shape index (κ3) is 4.06. The molecule has 0 saturated carbocycles. The molecule has 5 rings (SSSR count). The van der Waals surface area contributed by atoms with Crippen LogP contribution >= 0.6 is 12.2 Å². The zero-order valence-corrected chi connectivity index (χ0v) is 19.6. The van der Waals surface area contributed by atoms with Crippen LogP contribution in [0.15, 0.2) is 89.5 Å². The summed E-state index contributed by atoms with van der Waals surface area (Å²) in [7, 11) is 1.37. The summed E-state index contributed by atoms with van der Waals surface area (Å²) in [6.45, 7) is 2.06. The maximum absolute atomic E-state index is 12.0. The highest BCUT2D eigenvalue weighted by molar-refractivity contribution is 7.80. The van der Waals surface area contributed by atoms with Crippen LogP contribution in [0.5, 0.6) is 0 Å². The number of carbonyl (C=O) groups is 1. The number of nitrogens with one attached hydrogen (secondary N) is 1. The number of ether oxygens (including phenoxy) is 1. The lowest BCUT2D eigenvalue weighted by Gasteiger charge is -2.26. The first-order chi connectivity index (χ1) is 16.5. The number of benzene rings is 2. The van der Waals surface area contributed by atoms with Gasteiger partial charge in [0, 0.05) is 17.4 Å². The van der Waals surface area contributed by atoms with E-state index in [2.05, 4.69) is 34.3 Å². The lowest BCUT2D eigenvalue weighted by Crippen LogP contribution is -2.29. The van der Waals surface area contributed by atoms with Gasteiger partial charge in [-0.05, 0) is 73.2 Å². The molecule has 0 amide bonds. The van der Waals surface area contributed by atoms with Crippen molar-refractivity contribution in [3.8, 4) is 11.3 Å². The molecular weight excluding hydrogens is 446 g/mol. The van der Waals surface area contributed by atoms with Gasteiger partial charge in [-0.15, -0.1) is 0 Å². The number of thiocarbonyl (C=S) groups is 1. The SMILES string of the molecule is COC(=O)c1cccc(-c2ccc([C@@H]3[C@H](c4ccccn4)NC(=S)N3c3cccc(C)c3)o2)c1. The van der Waals surface area contributed by atoms with Crippen LogP contribution in [-0.2, 0) is 4.74 Å². The van der Waals surface area contributed by atoms with Gasteiger partial charge in [-0.3, -0.25) is 4.98 Å². The van der Waals surface area contributed by atoms with Crippen molar-refractivity contribution >= 4 is 29.0 Å². The van der Waals surface area contributed by atoms with Crippen molar-refractivity contribution < 1.29 is 13.9 Å². The predicted molar refractivity (Wildman–Crippen MR) is 135 cm³/mol. The van der Waals surface area contributed by atoms with Gasteiger partial charge in [-0.2, -0.15) is 0 Å². The van der Waals surface area contributed by atoms with Crippen molar-refractivity contribution in [2.75, 3.05) is 12.0 Å². The summed E-state index contributed by atoms with van der Waals surface area (Å²) >= 11 is 5.77. The maximum atomic E-state index is 12.0. The highest BCUT2D eigenvalue weighted by Gasteiger charge is 2.42. The Morgan fingerprint density at radius 3 is 2.68 bits per heavy atom. The third-order valence-electron chi connectivity index (χ3n) is 5.86. The first-order valence-corrected chi connectivity index (χ1v) is 11.3. The van der Waals surface area contributed by atoms with E-state index in [0.29, 0.717) is 16.4 Å². The molecule has 2 atom stereocenters. The number of aromatic nitrogens is 1. The molecule has 0 aliphatic carbocycles. The number of aryl methyl sites for hydroxylation is 1. The highest BCUT2D eigenvalue weighted by Crippen LogP contribution is 2.43. The number of anilines is 1. The van der Waals surface area contributed by atoms with Crippen LogP contribution in [0.1, 0.15) is 39.5 Å². The summed E-state index contributed by atoms with van der Waals surface area (Å²) in [4.78, 5) is 18.6. The largest absolute Gasteiger partial charge is 0.465 e. The Hall–Kier alpha value is -3.97. The van der Waals surface area contributed by atoms with E-state index in [-0.39, 0.29) is 18.1 Å². The van der Waals surface area contributed by atoms with E-state index in [0.717, 1.165) is 28.3 Å². The number of esters is 1. The molecule has 34 heavy (non-hydrogen) atoms. The van der Waals surface area contributed by atoms with Crippen LogP contribution in [0.25, 0.3) is 11.3 Å². The van der Waals surface area contributed by atoms with Gasteiger partial charge in [0.25, 0.3) is 0 Å². The monoisotopic (exact) mass is 469 g/mol. The highest BCUT2D eigenvalue weighted by atomic mass is 32.1. The van der Waals surface area contributed by atoms with Gasteiger partial charge in [-0.1, -0.05) is 30.3 Å². The standard InChI is InChI=1S/C27H23N3O3S/c1-17-7-5-10-20(15-17)30-25(24(29-27(30)34)21-11-3-4-14-28-21)23-13-12-22(33-23)18-8-6-9-19(16-18)26(31)32-2/h3-16,24-25H,1-2H3,(H,29,34)/t24-,25+/m0/s1.